The molecular formula is C21H34N4O3S. The molecule has 1 aromatic carbocycles. The Labute approximate surface area is 175 Å². The first-order valence-corrected chi connectivity index (χ1v) is 11.7. The number of nitrogens with one attached hydrogen (secondary N) is 2. The van der Waals surface area contributed by atoms with E-state index >= 15 is 0 Å². The second kappa shape index (κ2) is 8.24. The van der Waals surface area contributed by atoms with Crippen LogP contribution in [0.5, 0.6) is 0 Å². The number of likely N-dealkylation sites (tertiary alicyclic amines) is 1. The highest BCUT2D eigenvalue weighted by atomic mass is 32.2. The third kappa shape index (κ3) is 4.59. The Morgan fingerprint density at radius 3 is 2.45 bits per heavy atom. The molecule has 2 fully saturated rings. The van der Waals surface area contributed by atoms with Crippen LogP contribution < -0.4 is 10.0 Å². The van der Waals surface area contributed by atoms with Gasteiger partial charge in [-0.05, 0) is 44.4 Å². The maximum atomic E-state index is 12.5. The van der Waals surface area contributed by atoms with E-state index in [0.29, 0.717) is 19.7 Å². The molecule has 0 aliphatic carbocycles. The summed E-state index contributed by atoms with van der Waals surface area (Å²) in [6, 6.07) is 6.97. The number of hydrogen-bond acceptors (Lipinski definition) is 4. The molecule has 1 aromatic rings. The van der Waals surface area contributed by atoms with Crippen molar-refractivity contribution in [3.8, 4) is 0 Å². The Bertz CT molecular complexity index is 841. The maximum Gasteiger partial charge on any atom is 0.240 e. The van der Waals surface area contributed by atoms with Crippen molar-refractivity contribution in [1.82, 2.24) is 14.9 Å². The number of sulfonamides is 1. The van der Waals surface area contributed by atoms with Gasteiger partial charge in [0.1, 0.15) is 0 Å². The number of rotatable bonds is 6. The molecule has 0 amide bonds. The molecule has 1 unspecified atom stereocenters. The lowest BCUT2D eigenvalue weighted by Crippen LogP contribution is -2.72. The van der Waals surface area contributed by atoms with Crippen molar-refractivity contribution in [2.45, 2.75) is 63.6 Å². The fraction of sp³-hybridized carbons (Fsp3) is 0.667. The van der Waals surface area contributed by atoms with Gasteiger partial charge in [-0.1, -0.05) is 26.0 Å². The molecule has 0 saturated carbocycles. The molecule has 2 heterocycles. The monoisotopic (exact) mass is 422 g/mol. The zero-order chi connectivity index (χ0) is 21.3. The van der Waals surface area contributed by atoms with E-state index in [4.69, 9.17) is 4.74 Å². The standard InChI is InChI=1S/C21H34N4O3S/c1-20(2)15-25(21(20,3)4)19(22-5)23-13-16-8-10-18(11-9-16)29(26,27)24-14-17-7-6-12-28-17/h8-11,17,24H,6-7,12-15H2,1-5H3,(H,22,23). The highest BCUT2D eigenvalue weighted by Gasteiger charge is 2.53. The van der Waals surface area contributed by atoms with Crippen LogP contribution in [0.15, 0.2) is 34.2 Å². The van der Waals surface area contributed by atoms with Gasteiger partial charge >= 0.3 is 0 Å². The van der Waals surface area contributed by atoms with E-state index in [1.54, 1.807) is 19.2 Å². The van der Waals surface area contributed by atoms with Crippen molar-refractivity contribution in [1.29, 1.82) is 0 Å². The van der Waals surface area contributed by atoms with Gasteiger partial charge in [0.05, 0.1) is 11.0 Å². The predicted octanol–water partition coefficient (Wildman–Crippen LogP) is 2.34. The molecule has 2 aliphatic rings. The maximum absolute atomic E-state index is 12.5. The highest BCUT2D eigenvalue weighted by molar-refractivity contribution is 7.89. The molecule has 8 heteroatoms. The summed E-state index contributed by atoms with van der Waals surface area (Å²) in [5.74, 6) is 0.865. The topological polar surface area (TPSA) is 83.0 Å². The van der Waals surface area contributed by atoms with Crippen LogP contribution in [0.25, 0.3) is 0 Å². The average molecular weight is 423 g/mol. The lowest BCUT2D eigenvalue weighted by molar-refractivity contribution is -0.0667. The van der Waals surface area contributed by atoms with Gasteiger partial charge in [0.2, 0.25) is 10.0 Å². The molecule has 0 radical (unpaired) electrons. The smallest absolute Gasteiger partial charge is 0.240 e. The van der Waals surface area contributed by atoms with Crippen molar-refractivity contribution in [3.05, 3.63) is 29.8 Å². The van der Waals surface area contributed by atoms with E-state index in [0.717, 1.165) is 30.9 Å². The van der Waals surface area contributed by atoms with Gasteiger partial charge in [-0.25, -0.2) is 13.1 Å². The minimum absolute atomic E-state index is 0.0178. The first-order valence-electron chi connectivity index (χ1n) is 10.3. The molecule has 1 atom stereocenters. The lowest BCUT2D eigenvalue weighted by atomic mass is 9.65. The first-order chi connectivity index (χ1) is 13.6. The molecule has 0 aromatic heterocycles. The van der Waals surface area contributed by atoms with Gasteiger partial charge in [0.25, 0.3) is 0 Å². The van der Waals surface area contributed by atoms with Gasteiger partial charge in [0.15, 0.2) is 5.96 Å². The second-order valence-electron chi connectivity index (χ2n) is 9.06. The van der Waals surface area contributed by atoms with E-state index in [1.807, 2.05) is 12.1 Å². The largest absolute Gasteiger partial charge is 0.377 e. The van der Waals surface area contributed by atoms with Crippen LogP contribution in [-0.4, -0.2) is 57.7 Å². The summed E-state index contributed by atoms with van der Waals surface area (Å²) in [6.45, 7) is 11.6. The van der Waals surface area contributed by atoms with Gasteiger partial charge in [-0.3, -0.25) is 4.99 Å². The SMILES string of the molecule is CN=C(NCc1ccc(S(=O)(=O)NCC2CCCO2)cc1)N1CC(C)(C)C1(C)C. The average Bonchev–Trinajstić information content (AvgIpc) is 3.20. The molecule has 0 bridgehead atoms. The minimum atomic E-state index is -3.52. The van der Waals surface area contributed by atoms with Crippen molar-refractivity contribution in [2.75, 3.05) is 26.7 Å². The quantitative estimate of drug-likeness (QED) is 0.543. The molecule has 0 spiro atoms. The number of aliphatic imine (C=N–C) groups is 1. The molecule has 162 valence electrons. The second-order valence-corrected chi connectivity index (χ2v) is 10.8. The van der Waals surface area contributed by atoms with Gasteiger partial charge in [0, 0.05) is 44.2 Å². The Kier molecular flexibility index (Phi) is 6.27. The third-order valence-corrected chi connectivity index (χ3v) is 8.00. The molecule has 3 rings (SSSR count). The van der Waals surface area contributed by atoms with Crippen molar-refractivity contribution in [2.24, 2.45) is 10.4 Å². The normalized spacial score (nSPS) is 23.7. The zero-order valence-corrected chi connectivity index (χ0v) is 19.0. The summed E-state index contributed by atoms with van der Waals surface area (Å²) < 4.78 is 33.1. The molecule has 2 N–H and O–H groups in total. The van der Waals surface area contributed by atoms with Crippen LogP contribution >= 0.6 is 0 Å². The number of nitrogens with zero attached hydrogens (tertiary/aromatic N) is 2. The summed E-state index contributed by atoms with van der Waals surface area (Å²) in [5.41, 5.74) is 1.26. The van der Waals surface area contributed by atoms with Crippen LogP contribution in [0.3, 0.4) is 0 Å². The summed E-state index contributed by atoms with van der Waals surface area (Å²) in [4.78, 5) is 6.97. The van der Waals surface area contributed by atoms with E-state index in [-0.39, 0.29) is 22.0 Å². The Morgan fingerprint density at radius 1 is 1.24 bits per heavy atom. The van der Waals surface area contributed by atoms with Crippen LogP contribution in [0.1, 0.15) is 46.1 Å². The van der Waals surface area contributed by atoms with Crippen LogP contribution in [0.2, 0.25) is 0 Å². The van der Waals surface area contributed by atoms with Crippen LogP contribution in [0, 0.1) is 5.41 Å². The summed E-state index contributed by atoms with van der Waals surface area (Å²) in [6.07, 6.45) is 1.87. The zero-order valence-electron chi connectivity index (χ0n) is 18.2. The van der Waals surface area contributed by atoms with Gasteiger partial charge in [-0.15, -0.1) is 0 Å². The number of benzene rings is 1. The van der Waals surface area contributed by atoms with E-state index in [9.17, 15) is 8.42 Å². The van der Waals surface area contributed by atoms with E-state index < -0.39 is 10.0 Å². The van der Waals surface area contributed by atoms with E-state index in [2.05, 4.69) is 47.6 Å². The number of hydrogen-bond donors (Lipinski definition) is 2. The summed E-state index contributed by atoms with van der Waals surface area (Å²) in [5, 5.41) is 3.40. The lowest BCUT2D eigenvalue weighted by Gasteiger charge is -2.62. The predicted molar refractivity (Wildman–Crippen MR) is 115 cm³/mol. The van der Waals surface area contributed by atoms with Crippen LogP contribution in [0.4, 0.5) is 0 Å². The third-order valence-electron chi connectivity index (χ3n) is 6.56. The van der Waals surface area contributed by atoms with Crippen molar-refractivity contribution < 1.29 is 13.2 Å². The van der Waals surface area contributed by atoms with Gasteiger partial charge < -0.3 is 15.0 Å². The summed E-state index contributed by atoms with van der Waals surface area (Å²) >= 11 is 0. The molecule has 2 saturated heterocycles. The van der Waals surface area contributed by atoms with Gasteiger partial charge in [-0.2, -0.15) is 0 Å². The fourth-order valence-corrected chi connectivity index (χ4v) is 4.82. The number of ether oxygens (including phenoxy) is 1. The van der Waals surface area contributed by atoms with Crippen molar-refractivity contribution in [3.63, 3.8) is 0 Å². The summed E-state index contributed by atoms with van der Waals surface area (Å²) in [7, 11) is -1.73. The van der Waals surface area contributed by atoms with E-state index in [1.165, 1.54) is 0 Å². The minimum Gasteiger partial charge on any atom is -0.377 e. The van der Waals surface area contributed by atoms with Crippen molar-refractivity contribution >= 4 is 16.0 Å². The molecule has 29 heavy (non-hydrogen) atoms. The number of guanidine groups is 1. The molecule has 7 nitrogen and oxygen atoms in total. The Balaban J connectivity index is 1.56. The van der Waals surface area contributed by atoms with Crippen LogP contribution in [-0.2, 0) is 21.3 Å². The molecule has 2 aliphatic heterocycles. The highest BCUT2D eigenvalue weighted by Crippen LogP contribution is 2.46. The molecular weight excluding hydrogens is 388 g/mol. The Morgan fingerprint density at radius 2 is 1.93 bits per heavy atom. The first kappa shape index (κ1) is 22.1. The fourth-order valence-electron chi connectivity index (χ4n) is 3.75. The Hall–Kier alpha value is -1.64.